The van der Waals surface area contributed by atoms with E-state index in [2.05, 4.69) is 127 Å². The molecule has 0 aliphatic heterocycles. The van der Waals surface area contributed by atoms with Gasteiger partial charge in [0.1, 0.15) is 11.2 Å². The van der Waals surface area contributed by atoms with Gasteiger partial charge in [0.05, 0.1) is 0 Å². The van der Waals surface area contributed by atoms with Crippen molar-refractivity contribution in [2.75, 3.05) is 0 Å². The third-order valence-corrected chi connectivity index (χ3v) is 10.7. The van der Waals surface area contributed by atoms with Crippen LogP contribution in [-0.2, 0) is 0 Å². The Morgan fingerprint density at radius 3 is 1.24 bits per heavy atom. The molecule has 0 N–H and O–H groups in total. The molecule has 0 saturated heterocycles. The first-order valence-corrected chi connectivity index (χ1v) is 18.5. The predicted octanol–water partition coefficient (Wildman–Crippen LogP) is 13.5. The summed E-state index contributed by atoms with van der Waals surface area (Å²) in [5.41, 5.74) is 11.4. The van der Waals surface area contributed by atoms with Crippen LogP contribution in [0.1, 0.15) is 0 Å². The van der Waals surface area contributed by atoms with Crippen molar-refractivity contribution in [3.05, 3.63) is 188 Å². The predicted molar refractivity (Wildman–Crippen MR) is 226 cm³/mol. The highest BCUT2D eigenvalue weighted by molar-refractivity contribution is 6.33. The van der Waals surface area contributed by atoms with Crippen LogP contribution in [0.2, 0.25) is 0 Å². The highest BCUT2D eigenvalue weighted by atomic mass is 16.3. The molecule has 4 heteroatoms. The average molecular weight is 702 g/mol. The molecule has 0 bridgehead atoms. The number of aromatic nitrogens is 3. The number of fused-ring (bicyclic) bond motifs is 3. The van der Waals surface area contributed by atoms with Crippen molar-refractivity contribution in [2.45, 2.75) is 0 Å². The quantitative estimate of drug-likeness (QED) is 0.162. The van der Waals surface area contributed by atoms with E-state index in [0.717, 1.165) is 61.2 Å². The van der Waals surface area contributed by atoms with Gasteiger partial charge in [0.15, 0.2) is 17.5 Å². The Labute approximate surface area is 317 Å². The maximum Gasteiger partial charge on any atom is 0.164 e. The van der Waals surface area contributed by atoms with Crippen LogP contribution in [0.25, 0.3) is 111 Å². The number of hydrogen-bond donors (Lipinski definition) is 0. The van der Waals surface area contributed by atoms with E-state index in [9.17, 15) is 0 Å². The van der Waals surface area contributed by atoms with Gasteiger partial charge >= 0.3 is 0 Å². The van der Waals surface area contributed by atoms with Crippen molar-refractivity contribution in [3.63, 3.8) is 0 Å². The summed E-state index contributed by atoms with van der Waals surface area (Å²) in [7, 11) is 0. The highest BCUT2D eigenvalue weighted by Crippen LogP contribution is 2.44. The Kier molecular flexibility index (Phi) is 7.14. The van der Waals surface area contributed by atoms with Crippen LogP contribution < -0.4 is 0 Å². The van der Waals surface area contributed by atoms with Gasteiger partial charge in [-0.1, -0.05) is 152 Å². The molecule has 0 amide bonds. The van der Waals surface area contributed by atoms with Gasteiger partial charge in [-0.25, -0.2) is 15.0 Å². The SMILES string of the molecule is c1ccc(-c2nc(-c3ccccc3)nc(-c3cccc(-c4cccc(-c5cccc(-c6cc7oc8cccc9c%10ccccc%10c(c6)c7c89)c5)c4)c3)n2)cc1. The van der Waals surface area contributed by atoms with E-state index in [4.69, 9.17) is 19.4 Å². The van der Waals surface area contributed by atoms with E-state index in [0.29, 0.717) is 17.5 Å². The van der Waals surface area contributed by atoms with Gasteiger partial charge in [-0.3, -0.25) is 0 Å². The molecule has 11 rings (SSSR count). The summed E-state index contributed by atoms with van der Waals surface area (Å²) in [5.74, 6) is 1.93. The van der Waals surface area contributed by atoms with Crippen LogP contribution in [0.3, 0.4) is 0 Å². The van der Waals surface area contributed by atoms with Crippen molar-refractivity contribution in [2.24, 2.45) is 0 Å². The molecule has 2 heterocycles. The minimum absolute atomic E-state index is 0.637. The topological polar surface area (TPSA) is 51.8 Å². The fourth-order valence-electron chi connectivity index (χ4n) is 8.03. The van der Waals surface area contributed by atoms with Gasteiger partial charge in [-0.05, 0) is 91.3 Å². The summed E-state index contributed by atoms with van der Waals surface area (Å²) in [6, 6.07) is 65.8. The highest BCUT2D eigenvalue weighted by Gasteiger charge is 2.19. The van der Waals surface area contributed by atoms with Crippen molar-refractivity contribution >= 4 is 43.5 Å². The number of benzene rings is 9. The molecule has 0 unspecified atom stereocenters. The molecule has 0 aliphatic carbocycles. The van der Waals surface area contributed by atoms with Gasteiger partial charge < -0.3 is 4.42 Å². The number of furan rings is 1. The first kappa shape index (κ1) is 31.1. The zero-order valence-corrected chi connectivity index (χ0v) is 29.6. The lowest BCUT2D eigenvalue weighted by molar-refractivity contribution is 0.669. The first-order valence-electron chi connectivity index (χ1n) is 18.5. The molecule has 256 valence electrons. The lowest BCUT2D eigenvalue weighted by Crippen LogP contribution is -2.00. The monoisotopic (exact) mass is 701 g/mol. The molecule has 0 aliphatic rings. The van der Waals surface area contributed by atoms with Gasteiger partial charge in [0.2, 0.25) is 0 Å². The van der Waals surface area contributed by atoms with Gasteiger partial charge in [-0.2, -0.15) is 0 Å². The van der Waals surface area contributed by atoms with Gasteiger partial charge in [0, 0.05) is 27.5 Å². The van der Waals surface area contributed by atoms with Crippen LogP contribution in [0.4, 0.5) is 0 Å². The van der Waals surface area contributed by atoms with Crippen LogP contribution in [-0.4, -0.2) is 15.0 Å². The zero-order chi connectivity index (χ0) is 36.3. The smallest absolute Gasteiger partial charge is 0.164 e. The van der Waals surface area contributed by atoms with E-state index >= 15 is 0 Å². The summed E-state index contributed by atoms with van der Waals surface area (Å²) in [6.45, 7) is 0. The van der Waals surface area contributed by atoms with E-state index in [1.54, 1.807) is 0 Å². The molecule has 0 spiro atoms. The number of nitrogens with zero attached hydrogens (tertiary/aromatic N) is 3. The Hall–Kier alpha value is -7.43. The Morgan fingerprint density at radius 2 is 0.655 bits per heavy atom. The maximum absolute atomic E-state index is 6.51. The van der Waals surface area contributed by atoms with Crippen LogP contribution in [0.5, 0.6) is 0 Å². The van der Waals surface area contributed by atoms with Crippen LogP contribution >= 0.6 is 0 Å². The maximum atomic E-state index is 6.51. The van der Waals surface area contributed by atoms with E-state index < -0.39 is 0 Å². The molecule has 4 nitrogen and oxygen atoms in total. The number of hydrogen-bond acceptors (Lipinski definition) is 4. The van der Waals surface area contributed by atoms with Crippen LogP contribution in [0, 0.1) is 0 Å². The molecule has 55 heavy (non-hydrogen) atoms. The van der Waals surface area contributed by atoms with Gasteiger partial charge in [0.25, 0.3) is 0 Å². The van der Waals surface area contributed by atoms with Crippen molar-refractivity contribution in [1.82, 2.24) is 15.0 Å². The lowest BCUT2D eigenvalue weighted by Gasteiger charge is -2.12. The van der Waals surface area contributed by atoms with Crippen molar-refractivity contribution < 1.29 is 4.42 Å². The zero-order valence-electron chi connectivity index (χ0n) is 29.6. The minimum atomic E-state index is 0.637. The van der Waals surface area contributed by atoms with E-state index in [-0.39, 0.29) is 0 Å². The van der Waals surface area contributed by atoms with Crippen molar-refractivity contribution in [1.29, 1.82) is 0 Å². The second-order valence-corrected chi connectivity index (χ2v) is 14.0. The summed E-state index contributed by atoms with van der Waals surface area (Å²) < 4.78 is 6.51. The fraction of sp³-hybridized carbons (Fsp3) is 0. The first-order chi connectivity index (χ1) is 27.2. The van der Waals surface area contributed by atoms with E-state index in [1.807, 2.05) is 60.7 Å². The fourth-order valence-corrected chi connectivity index (χ4v) is 8.03. The molecular formula is C51H31N3O. The molecular weight excluding hydrogens is 671 g/mol. The summed E-state index contributed by atoms with van der Waals surface area (Å²) in [5, 5.41) is 7.35. The lowest BCUT2D eigenvalue weighted by atomic mass is 9.91. The number of rotatable bonds is 6. The second-order valence-electron chi connectivity index (χ2n) is 14.0. The molecule has 11 aromatic rings. The molecule has 0 fully saturated rings. The Morgan fingerprint density at radius 1 is 0.255 bits per heavy atom. The average Bonchev–Trinajstić information content (AvgIpc) is 3.66. The van der Waals surface area contributed by atoms with Crippen molar-refractivity contribution in [3.8, 4) is 67.5 Å². The summed E-state index contributed by atoms with van der Waals surface area (Å²) >= 11 is 0. The Bertz CT molecular complexity index is 3150. The Balaban J connectivity index is 0.980. The molecule has 9 aromatic carbocycles. The third kappa shape index (κ3) is 5.34. The minimum Gasteiger partial charge on any atom is -0.456 e. The molecule has 0 saturated carbocycles. The summed E-state index contributed by atoms with van der Waals surface area (Å²) in [4.78, 5) is 14.8. The molecule has 2 aromatic heterocycles. The van der Waals surface area contributed by atoms with Gasteiger partial charge in [-0.15, -0.1) is 0 Å². The molecule has 0 radical (unpaired) electrons. The second kappa shape index (κ2) is 12.6. The normalized spacial score (nSPS) is 11.6. The third-order valence-electron chi connectivity index (χ3n) is 10.7. The van der Waals surface area contributed by atoms with E-state index in [1.165, 1.54) is 32.3 Å². The molecule has 0 atom stereocenters. The standard InChI is InChI=1S/C51H31N3O/c1-3-13-32(14-4-1)49-52-50(33-15-5-2-6-16-33)54-51(53-49)39-22-11-20-37(29-39)35-18-9-17-34(27-35)36-19-10-21-38(28-36)40-30-44-42-24-8-7-23-41(42)43-25-12-26-45-47(43)48(44)46(31-40)55-45/h1-31H. The van der Waals surface area contributed by atoms with Crippen LogP contribution in [0.15, 0.2) is 192 Å². The largest absolute Gasteiger partial charge is 0.456 e. The summed E-state index contributed by atoms with van der Waals surface area (Å²) in [6.07, 6.45) is 0.